The number of hydrogen-bond acceptors (Lipinski definition) is 4. The van der Waals surface area contributed by atoms with Crippen molar-refractivity contribution in [1.29, 1.82) is 0 Å². The van der Waals surface area contributed by atoms with Crippen molar-refractivity contribution in [1.82, 2.24) is 9.55 Å². The van der Waals surface area contributed by atoms with E-state index < -0.39 is 11.2 Å². The summed E-state index contributed by atoms with van der Waals surface area (Å²) in [6, 6.07) is 0.431. The van der Waals surface area contributed by atoms with Crippen LogP contribution in [0.1, 0.15) is 52.9 Å². The Morgan fingerprint density at radius 1 is 1.35 bits per heavy atom. The van der Waals surface area contributed by atoms with Crippen molar-refractivity contribution in [2.75, 3.05) is 30.3 Å². The lowest BCUT2D eigenvalue weighted by molar-refractivity contribution is -0.920. The number of aromatic amines is 1. The molecule has 2 atom stereocenters. The molecule has 146 valence electrons. The van der Waals surface area contributed by atoms with Crippen LogP contribution in [0.5, 0.6) is 0 Å². The molecule has 0 aromatic carbocycles. The summed E-state index contributed by atoms with van der Waals surface area (Å²) in [4.78, 5) is 42.4. The monoisotopic (exact) mass is 366 g/mol. The average Bonchev–Trinajstić information content (AvgIpc) is 2.60. The fraction of sp³-hybridized carbons (Fsp3) is 0.722. The number of quaternary nitrogens is 1. The average molecular weight is 366 g/mol. The van der Waals surface area contributed by atoms with E-state index in [1.54, 1.807) is 0 Å². The number of anilines is 2. The van der Waals surface area contributed by atoms with Gasteiger partial charge in [-0.05, 0) is 39.5 Å². The predicted molar refractivity (Wildman–Crippen MR) is 103 cm³/mol. The van der Waals surface area contributed by atoms with E-state index in [1.165, 1.54) is 20.8 Å². The number of nitrogen functional groups attached to an aromatic ring is 1. The Bertz CT molecular complexity index is 739. The molecule has 1 amide bonds. The molecular weight excluding hydrogens is 334 g/mol. The molecule has 1 aromatic rings. The van der Waals surface area contributed by atoms with Crippen LogP contribution in [0.2, 0.25) is 0 Å². The second-order valence-electron chi connectivity index (χ2n) is 7.12. The van der Waals surface area contributed by atoms with Gasteiger partial charge in [-0.15, -0.1) is 0 Å². The number of amides is 1. The molecule has 8 nitrogen and oxygen atoms in total. The molecule has 1 fully saturated rings. The number of carbonyl (C=O) groups excluding carboxylic acids is 1. The second kappa shape index (κ2) is 9.02. The number of unbranched alkanes of at least 4 members (excludes halogenated alkanes) is 1. The van der Waals surface area contributed by atoms with Crippen molar-refractivity contribution >= 4 is 17.4 Å². The van der Waals surface area contributed by atoms with Crippen molar-refractivity contribution in [2.24, 2.45) is 0 Å². The molecule has 2 heterocycles. The minimum Gasteiger partial charge on any atom is -0.383 e. The molecule has 2 rings (SSSR count). The Hall–Kier alpha value is -2.09. The van der Waals surface area contributed by atoms with Gasteiger partial charge in [0.05, 0.1) is 12.6 Å². The number of carbonyl (C=O) groups is 1. The van der Waals surface area contributed by atoms with E-state index in [9.17, 15) is 14.4 Å². The molecule has 1 unspecified atom stereocenters. The first-order chi connectivity index (χ1) is 12.4. The van der Waals surface area contributed by atoms with Gasteiger partial charge in [0, 0.05) is 13.1 Å². The molecule has 1 saturated heterocycles. The molecule has 26 heavy (non-hydrogen) atoms. The number of rotatable bonds is 7. The standard InChI is InChI=1S/C18H31N5O3/c1-4-6-11-23-16(19)15(17(25)20-18(23)26)22(5-2)14(24)12-21-10-8-7-9-13(21)3/h13H,4-12,19H2,1-3H3,(H,20,25,26)/p+1/t13-/m1/s1. The van der Waals surface area contributed by atoms with E-state index >= 15 is 0 Å². The summed E-state index contributed by atoms with van der Waals surface area (Å²) in [6.07, 6.45) is 5.09. The summed E-state index contributed by atoms with van der Waals surface area (Å²) in [5.41, 5.74) is 5.11. The smallest absolute Gasteiger partial charge is 0.330 e. The van der Waals surface area contributed by atoms with E-state index in [2.05, 4.69) is 11.9 Å². The highest BCUT2D eigenvalue weighted by atomic mass is 16.2. The molecule has 0 saturated carbocycles. The van der Waals surface area contributed by atoms with Gasteiger partial charge in [0.25, 0.3) is 11.5 Å². The van der Waals surface area contributed by atoms with Crippen LogP contribution in [0, 0.1) is 0 Å². The number of H-pyrrole nitrogens is 1. The first kappa shape index (κ1) is 20.2. The molecule has 0 spiro atoms. The number of likely N-dealkylation sites (tertiary alicyclic amines) is 1. The number of hydrogen-bond donors (Lipinski definition) is 3. The number of nitrogens with zero attached hydrogens (tertiary/aromatic N) is 2. The third kappa shape index (κ3) is 4.35. The van der Waals surface area contributed by atoms with Gasteiger partial charge in [0.15, 0.2) is 12.2 Å². The Morgan fingerprint density at radius 3 is 2.69 bits per heavy atom. The highest BCUT2D eigenvalue weighted by Crippen LogP contribution is 2.17. The van der Waals surface area contributed by atoms with Crippen LogP contribution in [0.15, 0.2) is 9.59 Å². The maximum atomic E-state index is 12.9. The largest absolute Gasteiger partial charge is 0.383 e. The normalized spacial score (nSPS) is 20.1. The van der Waals surface area contributed by atoms with E-state index in [4.69, 9.17) is 5.73 Å². The van der Waals surface area contributed by atoms with Crippen LogP contribution in [-0.4, -0.2) is 41.1 Å². The lowest BCUT2D eigenvalue weighted by Gasteiger charge is -2.31. The molecule has 8 heteroatoms. The molecule has 4 N–H and O–H groups in total. The topological polar surface area (TPSA) is 106 Å². The van der Waals surface area contributed by atoms with E-state index in [0.717, 1.165) is 32.2 Å². The molecule has 0 aliphatic carbocycles. The van der Waals surface area contributed by atoms with Gasteiger partial charge in [-0.3, -0.25) is 24.0 Å². The third-order valence-corrected chi connectivity index (χ3v) is 5.30. The van der Waals surface area contributed by atoms with Crippen molar-refractivity contribution in [3.63, 3.8) is 0 Å². The van der Waals surface area contributed by atoms with Crippen LogP contribution in [-0.2, 0) is 11.3 Å². The Balaban J connectivity index is 2.32. The predicted octanol–water partition coefficient (Wildman–Crippen LogP) is -0.271. The van der Waals surface area contributed by atoms with E-state index in [-0.39, 0.29) is 17.4 Å². The van der Waals surface area contributed by atoms with Gasteiger partial charge < -0.3 is 10.6 Å². The van der Waals surface area contributed by atoms with Gasteiger partial charge in [0.1, 0.15) is 5.82 Å². The van der Waals surface area contributed by atoms with Crippen LogP contribution in [0.4, 0.5) is 11.5 Å². The Labute approximate surface area is 154 Å². The zero-order valence-corrected chi connectivity index (χ0v) is 16.1. The Morgan fingerprint density at radius 2 is 2.08 bits per heavy atom. The Kier molecular flexibility index (Phi) is 7.02. The summed E-state index contributed by atoms with van der Waals surface area (Å²) < 4.78 is 1.35. The lowest BCUT2D eigenvalue weighted by atomic mass is 10.0. The molecular formula is C18H32N5O3+. The molecule has 0 radical (unpaired) electrons. The number of piperidine rings is 1. The molecule has 1 aliphatic rings. The minimum absolute atomic E-state index is 0.0732. The van der Waals surface area contributed by atoms with Crippen LogP contribution in [0.25, 0.3) is 0 Å². The van der Waals surface area contributed by atoms with Crippen molar-refractivity contribution in [3.05, 3.63) is 20.8 Å². The minimum atomic E-state index is -0.600. The zero-order valence-electron chi connectivity index (χ0n) is 16.1. The molecule has 1 aliphatic heterocycles. The van der Waals surface area contributed by atoms with Gasteiger partial charge in [-0.2, -0.15) is 0 Å². The molecule has 1 aromatic heterocycles. The summed E-state index contributed by atoms with van der Waals surface area (Å²) in [7, 11) is 0. The quantitative estimate of drug-likeness (QED) is 0.618. The zero-order chi connectivity index (χ0) is 19.3. The number of aromatic nitrogens is 2. The maximum absolute atomic E-state index is 12.9. The fourth-order valence-corrected chi connectivity index (χ4v) is 3.64. The summed E-state index contributed by atoms with van der Waals surface area (Å²) in [5.74, 6) is -0.0572. The van der Waals surface area contributed by atoms with Crippen LogP contribution < -0.4 is 26.8 Å². The number of nitrogens with one attached hydrogen (secondary N) is 2. The van der Waals surface area contributed by atoms with E-state index in [0.29, 0.717) is 25.7 Å². The van der Waals surface area contributed by atoms with Crippen molar-refractivity contribution in [3.8, 4) is 0 Å². The van der Waals surface area contributed by atoms with E-state index in [1.807, 2.05) is 13.8 Å². The van der Waals surface area contributed by atoms with Crippen molar-refractivity contribution < 1.29 is 9.69 Å². The first-order valence-electron chi connectivity index (χ1n) is 9.68. The van der Waals surface area contributed by atoms with Crippen LogP contribution in [0.3, 0.4) is 0 Å². The lowest BCUT2D eigenvalue weighted by Crippen LogP contribution is -3.17. The number of likely N-dealkylation sites (N-methyl/N-ethyl adjacent to an activating group) is 1. The maximum Gasteiger partial charge on any atom is 0.330 e. The summed E-state index contributed by atoms with van der Waals surface area (Å²) >= 11 is 0. The second-order valence-corrected chi connectivity index (χ2v) is 7.12. The van der Waals surface area contributed by atoms with Crippen LogP contribution >= 0.6 is 0 Å². The third-order valence-electron chi connectivity index (χ3n) is 5.30. The van der Waals surface area contributed by atoms with Gasteiger partial charge in [0.2, 0.25) is 0 Å². The van der Waals surface area contributed by atoms with Crippen molar-refractivity contribution in [2.45, 2.75) is 65.5 Å². The highest BCUT2D eigenvalue weighted by molar-refractivity contribution is 5.96. The summed E-state index contributed by atoms with van der Waals surface area (Å²) in [6.45, 7) is 8.04. The molecule has 0 bridgehead atoms. The SMILES string of the molecule is CCCCn1c(N)c(N(CC)C(=O)C[NH+]2CCCC[C@H]2C)c(=O)[nH]c1=O. The summed E-state index contributed by atoms with van der Waals surface area (Å²) in [5, 5.41) is 0. The fourth-order valence-electron chi connectivity index (χ4n) is 3.64. The number of nitrogens with two attached hydrogens (primary N) is 1. The van der Waals surface area contributed by atoms with Gasteiger partial charge >= 0.3 is 5.69 Å². The van der Waals surface area contributed by atoms with Gasteiger partial charge in [-0.25, -0.2) is 4.79 Å². The first-order valence-corrected chi connectivity index (χ1v) is 9.68. The highest BCUT2D eigenvalue weighted by Gasteiger charge is 2.29. The van der Waals surface area contributed by atoms with Gasteiger partial charge in [-0.1, -0.05) is 13.3 Å².